The second kappa shape index (κ2) is 11.0. The van der Waals surface area contributed by atoms with Crippen LogP contribution in [-0.2, 0) is 10.0 Å². The summed E-state index contributed by atoms with van der Waals surface area (Å²) in [6.45, 7) is 7.58. The fraction of sp³-hybridized carbons (Fsp3) is 0.700. The van der Waals surface area contributed by atoms with Gasteiger partial charge in [-0.15, -0.1) is 0 Å². The van der Waals surface area contributed by atoms with Crippen LogP contribution in [0.1, 0.15) is 46.0 Å². The Kier molecular flexibility index (Phi) is 9.02. The molecule has 1 N–H and O–H groups in total. The van der Waals surface area contributed by atoms with E-state index in [2.05, 4.69) is 11.8 Å². The highest BCUT2D eigenvalue weighted by atomic mass is 32.2. The Hall–Kier alpha value is -1.15. The fourth-order valence-electron chi connectivity index (χ4n) is 3.23. The minimum Gasteiger partial charge on any atom is -0.494 e. The van der Waals surface area contributed by atoms with Gasteiger partial charge < -0.3 is 14.7 Å². The summed E-state index contributed by atoms with van der Waals surface area (Å²) in [4.78, 5) is 2.54. The Bertz CT molecular complexity index is 640. The first-order valence-electron chi connectivity index (χ1n) is 10.1. The summed E-state index contributed by atoms with van der Waals surface area (Å²) in [5.41, 5.74) is 0. The van der Waals surface area contributed by atoms with Crippen molar-refractivity contribution < 1.29 is 18.3 Å². The van der Waals surface area contributed by atoms with E-state index in [1.54, 1.807) is 31.2 Å². The number of nitrogens with zero attached hydrogens (tertiary/aromatic N) is 2. The zero-order valence-corrected chi connectivity index (χ0v) is 17.5. The zero-order chi connectivity index (χ0) is 19.7. The van der Waals surface area contributed by atoms with E-state index in [1.807, 2.05) is 0 Å². The quantitative estimate of drug-likeness (QED) is 0.581. The molecule has 1 atom stereocenters. The molecule has 0 aliphatic carbocycles. The number of likely N-dealkylation sites (tertiary alicyclic amines) is 1. The summed E-state index contributed by atoms with van der Waals surface area (Å²) in [7, 11) is -3.65. The van der Waals surface area contributed by atoms with Crippen molar-refractivity contribution in [2.75, 3.05) is 39.3 Å². The number of hydrogen-bond donors (Lipinski definition) is 1. The number of piperidine rings is 1. The van der Waals surface area contributed by atoms with Crippen molar-refractivity contribution in [2.24, 2.45) is 0 Å². The SMILES string of the molecule is CCCCOc1ccc(S(=O)(=O)N(CCN2CCCCC2)CC(C)O)cc1. The molecule has 1 aliphatic heterocycles. The molecule has 1 fully saturated rings. The fourth-order valence-corrected chi connectivity index (χ4v) is 4.74. The molecular formula is C20H34N2O4S. The Morgan fingerprint density at radius 1 is 1.19 bits per heavy atom. The first-order chi connectivity index (χ1) is 12.9. The van der Waals surface area contributed by atoms with Crippen LogP contribution in [0.25, 0.3) is 0 Å². The lowest BCUT2D eigenvalue weighted by atomic mass is 10.1. The first kappa shape index (κ1) is 22.1. The zero-order valence-electron chi connectivity index (χ0n) is 16.6. The van der Waals surface area contributed by atoms with Gasteiger partial charge in [0.15, 0.2) is 0 Å². The van der Waals surface area contributed by atoms with Gasteiger partial charge >= 0.3 is 0 Å². The van der Waals surface area contributed by atoms with E-state index in [1.165, 1.54) is 23.6 Å². The second-order valence-electron chi connectivity index (χ2n) is 7.29. The van der Waals surface area contributed by atoms with Crippen molar-refractivity contribution in [1.29, 1.82) is 0 Å². The van der Waals surface area contributed by atoms with Crippen molar-refractivity contribution in [3.63, 3.8) is 0 Å². The van der Waals surface area contributed by atoms with Crippen LogP contribution in [-0.4, -0.2) is 68.2 Å². The maximum Gasteiger partial charge on any atom is 0.243 e. The molecule has 6 nitrogen and oxygen atoms in total. The van der Waals surface area contributed by atoms with E-state index < -0.39 is 16.1 Å². The minimum absolute atomic E-state index is 0.102. The van der Waals surface area contributed by atoms with Gasteiger partial charge in [0.1, 0.15) is 5.75 Å². The van der Waals surface area contributed by atoms with E-state index in [9.17, 15) is 13.5 Å². The smallest absolute Gasteiger partial charge is 0.243 e. The van der Waals surface area contributed by atoms with Crippen LogP contribution in [0.4, 0.5) is 0 Å². The lowest BCUT2D eigenvalue weighted by molar-refractivity contribution is 0.151. The third-order valence-corrected chi connectivity index (χ3v) is 6.69. The lowest BCUT2D eigenvalue weighted by Crippen LogP contribution is -2.43. The lowest BCUT2D eigenvalue weighted by Gasteiger charge is -2.30. The molecular weight excluding hydrogens is 364 g/mol. The predicted octanol–water partition coefficient (Wildman–Crippen LogP) is 2.72. The number of ether oxygens (including phenoxy) is 1. The Balaban J connectivity index is 2.05. The molecule has 154 valence electrons. The van der Waals surface area contributed by atoms with Crippen molar-refractivity contribution in [2.45, 2.75) is 57.0 Å². The van der Waals surface area contributed by atoms with Gasteiger partial charge in [0.25, 0.3) is 0 Å². The normalized spacial score (nSPS) is 17.2. The monoisotopic (exact) mass is 398 g/mol. The van der Waals surface area contributed by atoms with Crippen LogP contribution in [0.2, 0.25) is 0 Å². The molecule has 0 radical (unpaired) electrons. The van der Waals surface area contributed by atoms with Crippen LogP contribution >= 0.6 is 0 Å². The second-order valence-corrected chi connectivity index (χ2v) is 9.23. The van der Waals surface area contributed by atoms with Gasteiger partial charge in [-0.1, -0.05) is 19.8 Å². The summed E-state index contributed by atoms with van der Waals surface area (Å²) >= 11 is 0. The number of aliphatic hydroxyl groups excluding tert-OH is 1. The van der Waals surface area contributed by atoms with Crippen molar-refractivity contribution >= 4 is 10.0 Å². The molecule has 7 heteroatoms. The Labute approximate surface area is 164 Å². The van der Waals surface area contributed by atoms with Crippen LogP contribution in [0, 0.1) is 0 Å². The van der Waals surface area contributed by atoms with Crippen LogP contribution in [0.15, 0.2) is 29.2 Å². The van der Waals surface area contributed by atoms with Crippen molar-refractivity contribution in [1.82, 2.24) is 9.21 Å². The number of sulfonamides is 1. The number of benzene rings is 1. The Morgan fingerprint density at radius 2 is 1.85 bits per heavy atom. The van der Waals surface area contributed by atoms with E-state index in [0.717, 1.165) is 25.9 Å². The van der Waals surface area contributed by atoms with E-state index in [-0.39, 0.29) is 11.4 Å². The third kappa shape index (κ3) is 7.07. The van der Waals surface area contributed by atoms with Crippen molar-refractivity contribution in [3.8, 4) is 5.75 Å². The first-order valence-corrected chi connectivity index (χ1v) is 11.5. The van der Waals surface area contributed by atoms with E-state index in [4.69, 9.17) is 4.74 Å². The van der Waals surface area contributed by atoms with Gasteiger partial charge in [-0.05, 0) is 63.5 Å². The summed E-state index contributed by atoms with van der Waals surface area (Å²) in [5.74, 6) is 0.679. The molecule has 1 heterocycles. The van der Waals surface area contributed by atoms with Gasteiger partial charge in [0, 0.05) is 19.6 Å². The van der Waals surface area contributed by atoms with Crippen molar-refractivity contribution in [3.05, 3.63) is 24.3 Å². The number of aliphatic hydroxyl groups is 1. The van der Waals surface area contributed by atoms with E-state index >= 15 is 0 Å². The topological polar surface area (TPSA) is 70.1 Å². The third-order valence-electron chi connectivity index (χ3n) is 4.81. The average molecular weight is 399 g/mol. The Morgan fingerprint density at radius 3 is 2.44 bits per heavy atom. The van der Waals surface area contributed by atoms with Crippen LogP contribution < -0.4 is 4.74 Å². The molecule has 27 heavy (non-hydrogen) atoms. The van der Waals surface area contributed by atoms with Gasteiger partial charge in [0.2, 0.25) is 10.0 Å². The minimum atomic E-state index is -3.65. The van der Waals surface area contributed by atoms with Crippen LogP contribution in [0.5, 0.6) is 5.75 Å². The van der Waals surface area contributed by atoms with Gasteiger partial charge in [-0.25, -0.2) is 8.42 Å². The van der Waals surface area contributed by atoms with Gasteiger partial charge in [0.05, 0.1) is 17.6 Å². The maximum atomic E-state index is 13.1. The molecule has 1 aliphatic rings. The summed E-state index contributed by atoms with van der Waals surface area (Å²) in [6, 6.07) is 6.58. The summed E-state index contributed by atoms with van der Waals surface area (Å²) in [6.07, 6.45) is 4.90. The molecule has 1 aromatic carbocycles. The molecule has 1 unspecified atom stereocenters. The molecule has 0 aromatic heterocycles. The summed E-state index contributed by atoms with van der Waals surface area (Å²) < 4.78 is 33.1. The largest absolute Gasteiger partial charge is 0.494 e. The molecule has 0 saturated carbocycles. The highest BCUT2D eigenvalue weighted by Crippen LogP contribution is 2.20. The number of unbranched alkanes of at least 4 members (excludes halogenated alkanes) is 1. The number of hydrogen-bond acceptors (Lipinski definition) is 5. The average Bonchev–Trinajstić information content (AvgIpc) is 2.66. The predicted molar refractivity (Wildman–Crippen MR) is 108 cm³/mol. The molecule has 0 amide bonds. The van der Waals surface area contributed by atoms with E-state index in [0.29, 0.717) is 25.4 Å². The van der Waals surface area contributed by atoms with Crippen LogP contribution in [0.3, 0.4) is 0 Å². The molecule has 2 rings (SSSR count). The van der Waals surface area contributed by atoms with Gasteiger partial charge in [-0.3, -0.25) is 0 Å². The van der Waals surface area contributed by atoms with Gasteiger partial charge in [-0.2, -0.15) is 4.31 Å². The molecule has 0 spiro atoms. The maximum absolute atomic E-state index is 13.1. The highest BCUT2D eigenvalue weighted by molar-refractivity contribution is 7.89. The summed E-state index contributed by atoms with van der Waals surface area (Å²) in [5, 5.41) is 9.79. The standard InChI is InChI=1S/C20H34N2O4S/c1-3-4-16-26-19-8-10-20(11-9-19)27(24,25)22(17-18(2)23)15-14-21-12-6-5-7-13-21/h8-11,18,23H,3-7,12-17H2,1-2H3. The number of rotatable bonds is 11. The molecule has 0 bridgehead atoms. The molecule has 1 saturated heterocycles. The highest BCUT2D eigenvalue weighted by Gasteiger charge is 2.26. The molecule has 1 aromatic rings.